The maximum Gasteiger partial charge on any atom is 0.253 e. The predicted molar refractivity (Wildman–Crippen MR) is 111 cm³/mol. The zero-order valence-corrected chi connectivity index (χ0v) is 16.3. The van der Waals surface area contributed by atoms with E-state index in [2.05, 4.69) is 5.32 Å². The number of piperidine rings is 1. The molecule has 0 spiro atoms. The van der Waals surface area contributed by atoms with E-state index in [0.29, 0.717) is 35.6 Å². The van der Waals surface area contributed by atoms with Crippen molar-refractivity contribution in [1.82, 2.24) is 10.2 Å². The summed E-state index contributed by atoms with van der Waals surface area (Å²) in [6.07, 6.45) is 3.27. The van der Waals surface area contributed by atoms with Crippen LogP contribution in [0, 0.1) is 5.41 Å². The van der Waals surface area contributed by atoms with Crippen LogP contribution in [-0.4, -0.2) is 48.8 Å². The highest BCUT2D eigenvalue weighted by Gasteiger charge is 2.18. The van der Waals surface area contributed by atoms with Gasteiger partial charge in [-0.2, -0.15) is 0 Å². The number of ether oxygens (including phenoxy) is 1. The third-order valence-corrected chi connectivity index (χ3v) is 4.84. The van der Waals surface area contributed by atoms with Crippen molar-refractivity contribution in [3.05, 3.63) is 65.2 Å². The average Bonchev–Trinajstić information content (AvgIpc) is 2.77. The maximum absolute atomic E-state index is 12.5. The molecule has 2 aromatic carbocycles. The Morgan fingerprint density at radius 1 is 1.00 bits per heavy atom. The Labute approximate surface area is 170 Å². The van der Waals surface area contributed by atoms with E-state index in [1.54, 1.807) is 48.5 Å². The lowest BCUT2D eigenvalue weighted by molar-refractivity contribution is 0.0723. The van der Waals surface area contributed by atoms with Crippen molar-refractivity contribution in [3.8, 4) is 5.75 Å². The molecule has 0 aliphatic carbocycles. The standard InChI is InChI=1S/C22H26N4O3/c23-20(24)18-5-4-6-19(15-18)29-14-11-25-21(27)16-7-9-17(10-8-16)22(28)26-12-2-1-3-13-26/h4-10,15H,1-3,11-14H2,(H3,23,24)(H,25,27). The summed E-state index contributed by atoms with van der Waals surface area (Å²) in [4.78, 5) is 26.6. The normalized spacial score (nSPS) is 13.6. The van der Waals surface area contributed by atoms with Crippen LogP contribution in [0.4, 0.5) is 0 Å². The van der Waals surface area contributed by atoms with Crippen LogP contribution in [0.3, 0.4) is 0 Å². The number of hydrogen-bond acceptors (Lipinski definition) is 4. The third-order valence-electron chi connectivity index (χ3n) is 4.84. The van der Waals surface area contributed by atoms with Gasteiger partial charge in [0.1, 0.15) is 18.2 Å². The van der Waals surface area contributed by atoms with Crippen LogP contribution in [0.25, 0.3) is 0 Å². The molecule has 0 unspecified atom stereocenters. The first-order chi connectivity index (χ1) is 14.0. The van der Waals surface area contributed by atoms with Gasteiger partial charge in [0.05, 0.1) is 6.54 Å². The molecule has 2 amide bonds. The van der Waals surface area contributed by atoms with E-state index in [1.165, 1.54) is 6.42 Å². The molecule has 2 aromatic rings. The molecule has 152 valence electrons. The summed E-state index contributed by atoms with van der Waals surface area (Å²) in [5, 5.41) is 10.2. The highest BCUT2D eigenvalue weighted by molar-refractivity contribution is 5.98. The van der Waals surface area contributed by atoms with Gasteiger partial charge in [0.15, 0.2) is 0 Å². The number of benzene rings is 2. The number of hydrogen-bond donors (Lipinski definition) is 3. The number of carbonyl (C=O) groups is 2. The molecule has 0 atom stereocenters. The van der Waals surface area contributed by atoms with Gasteiger partial charge in [-0.1, -0.05) is 12.1 Å². The number of nitrogen functional groups attached to an aromatic ring is 1. The molecular formula is C22H26N4O3. The average molecular weight is 394 g/mol. The highest BCUT2D eigenvalue weighted by Crippen LogP contribution is 2.14. The lowest BCUT2D eigenvalue weighted by Gasteiger charge is -2.26. The number of nitrogens with zero attached hydrogens (tertiary/aromatic N) is 1. The minimum absolute atomic E-state index is 0.0223. The Kier molecular flexibility index (Phi) is 6.84. The molecule has 7 nitrogen and oxygen atoms in total. The van der Waals surface area contributed by atoms with Crippen molar-refractivity contribution in [2.24, 2.45) is 5.73 Å². The van der Waals surface area contributed by atoms with Gasteiger partial charge in [-0.15, -0.1) is 0 Å². The molecule has 0 saturated carbocycles. The minimum atomic E-state index is -0.219. The first-order valence-corrected chi connectivity index (χ1v) is 9.79. The van der Waals surface area contributed by atoms with E-state index in [1.807, 2.05) is 4.90 Å². The van der Waals surface area contributed by atoms with Crippen LogP contribution in [0.5, 0.6) is 5.75 Å². The van der Waals surface area contributed by atoms with E-state index in [9.17, 15) is 9.59 Å². The Morgan fingerprint density at radius 3 is 2.38 bits per heavy atom. The van der Waals surface area contributed by atoms with Crippen molar-refractivity contribution in [2.75, 3.05) is 26.2 Å². The van der Waals surface area contributed by atoms with Crippen LogP contribution in [0.2, 0.25) is 0 Å². The van der Waals surface area contributed by atoms with Crippen LogP contribution in [-0.2, 0) is 0 Å². The van der Waals surface area contributed by atoms with Crippen LogP contribution < -0.4 is 15.8 Å². The van der Waals surface area contributed by atoms with Crippen molar-refractivity contribution in [2.45, 2.75) is 19.3 Å². The summed E-state index contributed by atoms with van der Waals surface area (Å²) >= 11 is 0. The van der Waals surface area contributed by atoms with Gasteiger partial charge in [-0.3, -0.25) is 15.0 Å². The largest absolute Gasteiger partial charge is 0.492 e. The molecule has 0 aromatic heterocycles. The number of amides is 2. The van der Waals surface area contributed by atoms with Gasteiger partial charge >= 0.3 is 0 Å². The molecule has 0 bridgehead atoms. The van der Waals surface area contributed by atoms with Crippen LogP contribution in [0.15, 0.2) is 48.5 Å². The van der Waals surface area contributed by atoms with Gasteiger partial charge in [0.25, 0.3) is 11.8 Å². The Morgan fingerprint density at radius 2 is 1.69 bits per heavy atom. The molecule has 0 radical (unpaired) electrons. The number of rotatable bonds is 7. The van der Waals surface area contributed by atoms with Crippen molar-refractivity contribution in [1.29, 1.82) is 5.41 Å². The number of amidine groups is 1. The number of nitrogens with two attached hydrogens (primary N) is 1. The Hall–Kier alpha value is -3.35. The lowest BCUT2D eigenvalue weighted by atomic mass is 10.1. The van der Waals surface area contributed by atoms with Gasteiger partial charge in [0, 0.05) is 29.8 Å². The molecule has 3 rings (SSSR count). The monoisotopic (exact) mass is 394 g/mol. The molecule has 7 heteroatoms. The molecule has 1 aliphatic heterocycles. The van der Waals surface area contributed by atoms with E-state index < -0.39 is 0 Å². The Bertz CT molecular complexity index is 874. The molecule has 1 aliphatic rings. The summed E-state index contributed by atoms with van der Waals surface area (Å²) in [5.41, 5.74) is 7.16. The molecule has 1 fully saturated rings. The Balaban J connectivity index is 1.46. The molecule has 4 N–H and O–H groups in total. The van der Waals surface area contributed by atoms with Gasteiger partial charge in [-0.25, -0.2) is 0 Å². The summed E-state index contributed by atoms with van der Waals surface area (Å²) in [5.74, 6) is 0.374. The molecular weight excluding hydrogens is 368 g/mol. The minimum Gasteiger partial charge on any atom is -0.492 e. The summed E-state index contributed by atoms with van der Waals surface area (Å²) in [6.45, 7) is 2.23. The fourth-order valence-electron chi connectivity index (χ4n) is 3.23. The van der Waals surface area contributed by atoms with Crippen molar-refractivity contribution < 1.29 is 14.3 Å². The predicted octanol–water partition coefficient (Wildman–Crippen LogP) is 2.41. The molecule has 1 heterocycles. The van der Waals surface area contributed by atoms with Crippen LogP contribution in [0.1, 0.15) is 45.5 Å². The van der Waals surface area contributed by atoms with Gasteiger partial charge in [-0.05, 0) is 55.7 Å². The summed E-state index contributed by atoms with van der Waals surface area (Å²) in [7, 11) is 0. The number of likely N-dealkylation sites (tertiary alicyclic amines) is 1. The zero-order chi connectivity index (χ0) is 20.6. The quantitative estimate of drug-likeness (QED) is 0.381. The van der Waals surface area contributed by atoms with E-state index >= 15 is 0 Å². The molecule has 29 heavy (non-hydrogen) atoms. The lowest BCUT2D eigenvalue weighted by Crippen LogP contribution is -2.35. The highest BCUT2D eigenvalue weighted by atomic mass is 16.5. The fraction of sp³-hybridized carbons (Fsp3) is 0.318. The summed E-state index contributed by atoms with van der Waals surface area (Å²) < 4.78 is 5.58. The topological polar surface area (TPSA) is 109 Å². The SMILES string of the molecule is N=C(N)c1cccc(OCCNC(=O)c2ccc(C(=O)N3CCCCC3)cc2)c1. The number of nitrogens with one attached hydrogen (secondary N) is 2. The molecule has 1 saturated heterocycles. The van der Waals surface area contributed by atoms with Crippen LogP contribution >= 0.6 is 0 Å². The zero-order valence-electron chi connectivity index (χ0n) is 16.3. The smallest absolute Gasteiger partial charge is 0.253 e. The first kappa shape index (κ1) is 20.4. The second kappa shape index (κ2) is 9.73. The van der Waals surface area contributed by atoms with E-state index in [0.717, 1.165) is 25.9 Å². The second-order valence-corrected chi connectivity index (χ2v) is 6.98. The van der Waals surface area contributed by atoms with Gasteiger partial charge in [0.2, 0.25) is 0 Å². The number of carbonyl (C=O) groups excluding carboxylic acids is 2. The second-order valence-electron chi connectivity index (χ2n) is 6.98. The van der Waals surface area contributed by atoms with Gasteiger partial charge < -0.3 is 20.7 Å². The van der Waals surface area contributed by atoms with Crippen molar-refractivity contribution in [3.63, 3.8) is 0 Å². The van der Waals surface area contributed by atoms with E-state index in [-0.39, 0.29) is 17.6 Å². The third kappa shape index (κ3) is 5.57. The first-order valence-electron chi connectivity index (χ1n) is 9.79. The van der Waals surface area contributed by atoms with E-state index in [4.69, 9.17) is 15.9 Å². The fourth-order valence-corrected chi connectivity index (χ4v) is 3.23. The maximum atomic E-state index is 12.5. The van der Waals surface area contributed by atoms with Crippen molar-refractivity contribution >= 4 is 17.6 Å². The summed E-state index contributed by atoms with van der Waals surface area (Å²) in [6, 6.07) is 13.7.